The van der Waals surface area contributed by atoms with Gasteiger partial charge in [-0.2, -0.15) is 0 Å². The van der Waals surface area contributed by atoms with E-state index < -0.39 is 0 Å². The van der Waals surface area contributed by atoms with Crippen LogP contribution in [0.2, 0.25) is 0 Å². The Bertz CT molecular complexity index is 2650. The monoisotopic (exact) mass is 616 g/mol. The van der Waals surface area contributed by atoms with E-state index in [9.17, 15) is 0 Å². The molecule has 0 saturated carbocycles. The van der Waals surface area contributed by atoms with Gasteiger partial charge in [-0.15, -0.1) is 0 Å². The number of benzene rings is 7. The summed E-state index contributed by atoms with van der Waals surface area (Å²) in [5.74, 6) is 0. The van der Waals surface area contributed by atoms with Crippen LogP contribution in [0.15, 0.2) is 162 Å². The van der Waals surface area contributed by atoms with Gasteiger partial charge in [0.25, 0.3) is 0 Å². The molecule has 0 radical (unpaired) electrons. The maximum absolute atomic E-state index is 6.42. The lowest BCUT2D eigenvalue weighted by Gasteiger charge is -2.29. The quantitative estimate of drug-likeness (QED) is 0.196. The maximum atomic E-state index is 6.42. The molecular weight excluding hydrogens is 585 g/mol. The molecule has 0 N–H and O–H groups in total. The van der Waals surface area contributed by atoms with E-state index in [4.69, 9.17) is 4.42 Å². The van der Waals surface area contributed by atoms with Gasteiger partial charge < -0.3 is 13.9 Å². The number of rotatable bonds is 4. The molecule has 228 valence electrons. The van der Waals surface area contributed by atoms with Crippen LogP contribution in [-0.4, -0.2) is 4.57 Å². The van der Waals surface area contributed by atoms with Gasteiger partial charge in [-0.1, -0.05) is 105 Å². The molecule has 48 heavy (non-hydrogen) atoms. The van der Waals surface area contributed by atoms with Crippen LogP contribution in [0.5, 0.6) is 0 Å². The predicted molar refractivity (Wildman–Crippen MR) is 200 cm³/mol. The molecule has 9 aromatic rings. The van der Waals surface area contributed by atoms with Crippen molar-refractivity contribution in [2.24, 2.45) is 0 Å². The van der Waals surface area contributed by atoms with Crippen molar-refractivity contribution in [3.8, 4) is 16.8 Å². The summed E-state index contributed by atoms with van der Waals surface area (Å²) in [6.07, 6.45) is 0. The predicted octanol–water partition coefficient (Wildman–Crippen LogP) is 12.5. The third kappa shape index (κ3) is 3.76. The summed E-state index contributed by atoms with van der Waals surface area (Å²) in [5, 5.41) is 4.79. The average molecular weight is 617 g/mol. The van der Waals surface area contributed by atoms with E-state index >= 15 is 0 Å². The van der Waals surface area contributed by atoms with Gasteiger partial charge in [0.05, 0.1) is 16.7 Å². The number of furan rings is 1. The summed E-state index contributed by atoms with van der Waals surface area (Å²) in [5.41, 5.74) is 13.8. The second-order valence-corrected chi connectivity index (χ2v) is 13.4. The molecule has 1 aliphatic carbocycles. The molecule has 0 spiro atoms. The second-order valence-electron chi connectivity index (χ2n) is 13.4. The second kappa shape index (κ2) is 9.97. The smallest absolute Gasteiger partial charge is 0.137 e. The topological polar surface area (TPSA) is 21.3 Å². The highest BCUT2D eigenvalue weighted by Gasteiger charge is 2.37. The van der Waals surface area contributed by atoms with Crippen LogP contribution in [0.25, 0.3) is 60.6 Å². The van der Waals surface area contributed by atoms with Crippen molar-refractivity contribution in [3.05, 3.63) is 169 Å². The zero-order valence-electron chi connectivity index (χ0n) is 26.8. The van der Waals surface area contributed by atoms with Crippen LogP contribution in [0.3, 0.4) is 0 Å². The van der Waals surface area contributed by atoms with Crippen molar-refractivity contribution >= 4 is 60.8 Å². The Morgan fingerprint density at radius 3 is 1.88 bits per heavy atom. The van der Waals surface area contributed by atoms with Crippen molar-refractivity contribution in [1.29, 1.82) is 0 Å². The van der Waals surface area contributed by atoms with E-state index in [1.807, 2.05) is 12.1 Å². The lowest BCUT2D eigenvalue weighted by molar-refractivity contribution is 0.660. The highest BCUT2D eigenvalue weighted by Crippen LogP contribution is 2.54. The molecule has 0 unspecified atom stereocenters. The molecule has 0 amide bonds. The van der Waals surface area contributed by atoms with Gasteiger partial charge in [0.15, 0.2) is 0 Å². The van der Waals surface area contributed by atoms with Crippen molar-refractivity contribution in [1.82, 2.24) is 4.57 Å². The fourth-order valence-corrected chi connectivity index (χ4v) is 8.15. The summed E-state index contributed by atoms with van der Waals surface area (Å²) >= 11 is 0. The number of aromatic nitrogens is 1. The molecule has 10 rings (SSSR count). The zero-order valence-corrected chi connectivity index (χ0v) is 26.8. The molecule has 2 aromatic heterocycles. The maximum Gasteiger partial charge on any atom is 0.137 e. The van der Waals surface area contributed by atoms with E-state index in [0.29, 0.717) is 0 Å². The van der Waals surface area contributed by atoms with E-state index in [-0.39, 0.29) is 5.41 Å². The highest BCUT2D eigenvalue weighted by molar-refractivity contribution is 6.09. The first-order valence-corrected chi connectivity index (χ1v) is 16.6. The minimum atomic E-state index is -0.101. The van der Waals surface area contributed by atoms with Crippen LogP contribution in [-0.2, 0) is 5.41 Å². The third-order valence-corrected chi connectivity index (χ3v) is 10.4. The summed E-state index contributed by atoms with van der Waals surface area (Å²) in [4.78, 5) is 2.40. The number of anilines is 3. The van der Waals surface area contributed by atoms with Crippen molar-refractivity contribution in [3.63, 3.8) is 0 Å². The molecule has 2 heterocycles. The minimum Gasteiger partial charge on any atom is -0.456 e. The fraction of sp³-hybridized carbons (Fsp3) is 0.0667. The van der Waals surface area contributed by atoms with Gasteiger partial charge in [0.1, 0.15) is 11.2 Å². The molecule has 0 saturated heterocycles. The number of nitrogens with zero attached hydrogens (tertiary/aromatic N) is 2. The Balaban J connectivity index is 1.20. The van der Waals surface area contributed by atoms with E-state index in [0.717, 1.165) is 44.7 Å². The lowest BCUT2D eigenvalue weighted by Crippen LogP contribution is -2.16. The Labute approximate surface area is 278 Å². The third-order valence-electron chi connectivity index (χ3n) is 10.4. The standard InChI is InChI=1S/C45H32N2O/c1-45(2)37-16-7-3-15-36(37)44-38(45)17-11-20-41(44)46(31-26-27-35-34-14-6-10-21-42(34)48-43(35)28-31)29-22-24-30(25-23-29)47-39-18-8-4-12-32(39)33-13-5-9-19-40(33)47/h3-28H,1-2H3. The van der Waals surface area contributed by atoms with Crippen LogP contribution >= 0.6 is 0 Å². The van der Waals surface area contributed by atoms with Crippen LogP contribution in [0.4, 0.5) is 17.1 Å². The number of hydrogen-bond donors (Lipinski definition) is 0. The van der Waals surface area contributed by atoms with Gasteiger partial charge in [-0.3, -0.25) is 0 Å². The van der Waals surface area contributed by atoms with Crippen LogP contribution in [0, 0.1) is 0 Å². The Morgan fingerprint density at radius 1 is 0.500 bits per heavy atom. The Morgan fingerprint density at radius 2 is 1.10 bits per heavy atom. The van der Waals surface area contributed by atoms with Crippen molar-refractivity contribution in [2.75, 3.05) is 4.90 Å². The summed E-state index contributed by atoms with van der Waals surface area (Å²) in [6.45, 7) is 4.68. The number of fused-ring (bicyclic) bond motifs is 9. The molecule has 0 bridgehead atoms. The lowest BCUT2D eigenvalue weighted by atomic mass is 9.82. The fourth-order valence-electron chi connectivity index (χ4n) is 8.15. The zero-order chi connectivity index (χ0) is 32.0. The SMILES string of the molecule is CC1(C)c2ccccc2-c2c(N(c3ccc(-n4c5ccccc5c5ccccc54)cc3)c3ccc4c(c3)oc3ccccc34)cccc21. The summed E-state index contributed by atoms with van der Waals surface area (Å²) in [6, 6.07) is 56.9. The van der Waals surface area contributed by atoms with Crippen molar-refractivity contribution in [2.45, 2.75) is 19.3 Å². The van der Waals surface area contributed by atoms with Gasteiger partial charge in [0, 0.05) is 55.7 Å². The van der Waals surface area contributed by atoms with Crippen LogP contribution in [0.1, 0.15) is 25.0 Å². The van der Waals surface area contributed by atoms with E-state index in [2.05, 4.69) is 169 Å². The molecule has 0 fully saturated rings. The van der Waals surface area contributed by atoms with Crippen LogP contribution < -0.4 is 4.90 Å². The van der Waals surface area contributed by atoms with Crippen molar-refractivity contribution < 1.29 is 4.42 Å². The first-order valence-electron chi connectivity index (χ1n) is 16.6. The molecule has 0 aliphatic heterocycles. The Kier molecular flexibility index (Phi) is 5.63. The molecule has 7 aromatic carbocycles. The average Bonchev–Trinajstić information content (AvgIpc) is 3.75. The first-order chi connectivity index (χ1) is 23.6. The summed E-state index contributed by atoms with van der Waals surface area (Å²) < 4.78 is 8.79. The number of hydrogen-bond acceptors (Lipinski definition) is 2. The van der Waals surface area contributed by atoms with E-state index in [1.54, 1.807) is 0 Å². The normalized spacial score (nSPS) is 13.4. The highest BCUT2D eigenvalue weighted by atomic mass is 16.3. The minimum absolute atomic E-state index is 0.101. The molecular formula is C45H32N2O. The molecule has 0 atom stereocenters. The number of para-hydroxylation sites is 3. The Hall–Kier alpha value is -6.06. The molecule has 1 aliphatic rings. The summed E-state index contributed by atoms with van der Waals surface area (Å²) in [7, 11) is 0. The van der Waals surface area contributed by atoms with Gasteiger partial charge >= 0.3 is 0 Å². The van der Waals surface area contributed by atoms with E-state index in [1.165, 1.54) is 44.1 Å². The van der Waals surface area contributed by atoms with Gasteiger partial charge in [0.2, 0.25) is 0 Å². The molecule has 3 heteroatoms. The molecule has 3 nitrogen and oxygen atoms in total. The first kappa shape index (κ1) is 27.1. The van der Waals surface area contributed by atoms with Gasteiger partial charge in [-0.05, 0) is 77.4 Å². The largest absolute Gasteiger partial charge is 0.456 e. The van der Waals surface area contributed by atoms with Gasteiger partial charge in [-0.25, -0.2) is 0 Å².